The van der Waals surface area contributed by atoms with Crippen LogP contribution in [0.25, 0.3) is 10.9 Å². The molecular weight excluding hydrogens is 312 g/mol. The SMILES string of the molecule is CN(CCCC1CCCO1)C(=O)c1cc2c(Cl)cccc2n1C. The first-order chi connectivity index (χ1) is 11.1. The van der Waals surface area contributed by atoms with Crippen LogP contribution in [0.4, 0.5) is 0 Å². The zero-order valence-corrected chi connectivity index (χ0v) is 14.5. The molecule has 23 heavy (non-hydrogen) atoms. The Kier molecular flexibility index (Phi) is 4.93. The van der Waals surface area contributed by atoms with Gasteiger partial charge in [-0.05, 0) is 43.9 Å². The van der Waals surface area contributed by atoms with Crippen LogP contribution in [0, 0.1) is 0 Å². The number of aromatic nitrogens is 1. The molecule has 0 aliphatic carbocycles. The lowest BCUT2D eigenvalue weighted by molar-refractivity contribution is 0.0755. The van der Waals surface area contributed by atoms with Gasteiger partial charge in [-0.1, -0.05) is 17.7 Å². The third-order valence-corrected chi connectivity index (χ3v) is 4.97. The summed E-state index contributed by atoms with van der Waals surface area (Å²) in [6, 6.07) is 7.62. The first kappa shape index (κ1) is 16.3. The maximum atomic E-state index is 12.7. The molecule has 0 spiro atoms. The van der Waals surface area contributed by atoms with Gasteiger partial charge in [-0.15, -0.1) is 0 Å². The lowest BCUT2D eigenvalue weighted by atomic mass is 10.1. The summed E-state index contributed by atoms with van der Waals surface area (Å²) in [7, 11) is 3.77. The van der Waals surface area contributed by atoms with E-state index >= 15 is 0 Å². The Morgan fingerprint density at radius 1 is 1.48 bits per heavy atom. The standard InChI is InChI=1S/C18H23ClN2O2/c1-20(10-4-6-13-7-5-11-23-13)18(22)17-12-14-15(19)8-3-9-16(14)21(17)2/h3,8-9,12-13H,4-7,10-11H2,1-2H3. The second-order valence-electron chi connectivity index (χ2n) is 6.27. The number of nitrogens with zero attached hydrogens (tertiary/aromatic N) is 2. The Hall–Kier alpha value is -1.52. The number of hydrogen-bond donors (Lipinski definition) is 0. The number of carbonyl (C=O) groups excluding carboxylic acids is 1. The van der Waals surface area contributed by atoms with E-state index in [2.05, 4.69) is 0 Å². The molecule has 1 aliphatic rings. The minimum atomic E-state index is 0.0344. The summed E-state index contributed by atoms with van der Waals surface area (Å²) < 4.78 is 7.55. The number of halogens is 1. The number of amides is 1. The van der Waals surface area contributed by atoms with Crippen LogP contribution >= 0.6 is 11.6 Å². The van der Waals surface area contributed by atoms with Crippen molar-refractivity contribution in [2.75, 3.05) is 20.2 Å². The fourth-order valence-electron chi connectivity index (χ4n) is 3.25. The van der Waals surface area contributed by atoms with Crippen molar-refractivity contribution in [2.24, 2.45) is 7.05 Å². The van der Waals surface area contributed by atoms with E-state index in [0.29, 0.717) is 16.8 Å². The lowest BCUT2D eigenvalue weighted by Gasteiger charge is -2.18. The Bertz CT molecular complexity index is 704. The summed E-state index contributed by atoms with van der Waals surface area (Å²) in [5, 5.41) is 1.60. The van der Waals surface area contributed by atoms with E-state index in [9.17, 15) is 4.79 Å². The fraction of sp³-hybridized carbons (Fsp3) is 0.500. The van der Waals surface area contributed by atoms with E-state index in [1.54, 1.807) is 4.90 Å². The second-order valence-corrected chi connectivity index (χ2v) is 6.67. The summed E-state index contributed by atoms with van der Waals surface area (Å²) in [5.41, 5.74) is 1.65. The van der Waals surface area contributed by atoms with Gasteiger partial charge >= 0.3 is 0 Å². The molecule has 1 amide bonds. The number of benzene rings is 1. The minimum Gasteiger partial charge on any atom is -0.378 e. The number of fused-ring (bicyclic) bond motifs is 1. The van der Waals surface area contributed by atoms with Crippen molar-refractivity contribution in [3.05, 3.63) is 35.0 Å². The van der Waals surface area contributed by atoms with Crippen LogP contribution in [0.15, 0.2) is 24.3 Å². The highest BCUT2D eigenvalue weighted by Gasteiger charge is 2.19. The van der Waals surface area contributed by atoms with E-state index in [-0.39, 0.29) is 5.91 Å². The topological polar surface area (TPSA) is 34.5 Å². The quantitative estimate of drug-likeness (QED) is 0.832. The largest absolute Gasteiger partial charge is 0.378 e. The summed E-state index contributed by atoms with van der Waals surface area (Å²) in [6.07, 6.45) is 4.70. The first-order valence-electron chi connectivity index (χ1n) is 8.19. The Balaban J connectivity index is 1.67. The van der Waals surface area contributed by atoms with Gasteiger partial charge < -0.3 is 14.2 Å². The Morgan fingerprint density at radius 3 is 3.00 bits per heavy atom. The molecule has 124 valence electrons. The summed E-state index contributed by atoms with van der Waals surface area (Å²) in [5.74, 6) is 0.0344. The highest BCUT2D eigenvalue weighted by molar-refractivity contribution is 6.35. The number of carbonyl (C=O) groups is 1. The van der Waals surface area contributed by atoms with E-state index in [0.717, 1.165) is 49.7 Å². The van der Waals surface area contributed by atoms with Gasteiger partial charge in [0.1, 0.15) is 5.69 Å². The van der Waals surface area contributed by atoms with Gasteiger partial charge in [0.25, 0.3) is 5.91 Å². The van der Waals surface area contributed by atoms with Crippen molar-refractivity contribution < 1.29 is 9.53 Å². The van der Waals surface area contributed by atoms with Crippen LogP contribution in [0.3, 0.4) is 0 Å². The smallest absolute Gasteiger partial charge is 0.270 e. The molecule has 1 aromatic carbocycles. The molecule has 1 aromatic heterocycles. The van der Waals surface area contributed by atoms with Crippen LogP contribution in [0.1, 0.15) is 36.2 Å². The zero-order chi connectivity index (χ0) is 16.4. The molecule has 5 heteroatoms. The summed E-state index contributed by atoms with van der Waals surface area (Å²) in [6.45, 7) is 1.63. The van der Waals surface area contributed by atoms with Crippen molar-refractivity contribution in [3.8, 4) is 0 Å². The van der Waals surface area contributed by atoms with Gasteiger partial charge in [0.05, 0.1) is 6.10 Å². The molecule has 0 radical (unpaired) electrons. The van der Waals surface area contributed by atoms with Crippen LogP contribution in [-0.2, 0) is 11.8 Å². The number of aryl methyl sites for hydroxylation is 1. The maximum Gasteiger partial charge on any atom is 0.270 e. The Morgan fingerprint density at radius 2 is 2.30 bits per heavy atom. The predicted molar refractivity (Wildman–Crippen MR) is 93.1 cm³/mol. The monoisotopic (exact) mass is 334 g/mol. The van der Waals surface area contributed by atoms with Gasteiger partial charge in [-0.25, -0.2) is 0 Å². The highest BCUT2D eigenvalue weighted by atomic mass is 35.5. The van der Waals surface area contributed by atoms with Gasteiger partial charge in [0.2, 0.25) is 0 Å². The second kappa shape index (κ2) is 6.93. The third kappa shape index (κ3) is 3.38. The number of hydrogen-bond acceptors (Lipinski definition) is 2. The molecule has 1 atom stereocenters. The average Bonchev–Trinajstić information content (AvgIpc) is 3.16. The van der Waals surface area contributed by atoms with E-state index in [1.165, 1.54) is 0 Å². The van der Waals surface area contributed by atoms with Crippen molar-refractivity contribution in [3.63, 3.8) is 0 Å². The molecule has 0 saturated carbocycles. The number of ether oxygens (including phenoxy) is 1. The molecule has 2 heterocycles. The van der Waals surface area contributed by atoms with Crippen molar-refractivity contribution in [2.45, 2.75) is 31.8 Å². The summed E-state index contributed by atoms with van der Waals surface area (Å²) in [4.78, 5) is 14.5. The van der Waals surface area contributed by atoms with Crippen LogP contribution in [-0.4, -0.2) is 41.7 Å². The van der Waals surface area contributed by atoms with Crippen molar-refractivity contribution in [1.29, 1.82) is 0 Å². The highest BCUT2D eigenvalue weighted by Crippen LogP contribution is 2.26. The normalized spacial score (nSPS) is 17.8. The third-order valence-electron chi connectivity index (χ3n) is 4.64. The molecule has 0 bridgehead atoms. The molecule has 1 unspecified atom stereocenters. The number of rotatable bonds is 5. The van der Waals surface area contributed by atoms with E-state index < -0.39 is 0 Å². The molecule has 4 nitrogen and oxygen atoms in total. The molecule has 0 N–H and O–H groups in total. The van der Waals surface area contributed by atoms with Crippen molar-refractivity contribution >= 4 is 28.4 Å². The van der Waals surface area contributed by atoms with Gasteiger partial charge in [-0.3, -0.25) is 4.79 Å². The van der Waals surface area contributed by atoms with E-state index in [1.807, 2.05) is 42.9 Å². The molecule has 2 aromatic rings. The lowest BCUT2D eigenvalue weighted by Crippen LogP contribution is -2.29. The van der Waals surface area contributed by atoms with Gasteiger partial charge in [0.15, 0.2) is 0 Å². The zero-order valence-electron chi connectivity index (χ0n) is 13.7. The van der Waals surface area contributed by atoms with Gasteiger partial charge in [0, 0.05) is 43.2 Å². The molecule has 1 saturated heterocycles. The molecule has 1 fully saturated rings. The van der Waals surface area contributed by atoms with E-state index in [4.69, 9.17) is 16.3 Å². The molecule has 3 rings (SSSR count). The first-order valence-corrected chi connectivity index (χ1v) is 8.56. The van der Waals surface area contributed by atoms with Crippen LogP contribution in [0.2, 0.25) is 5.02 Å². The fourth-order valence-corrected chi connectivity index (χ4v) is 3.48. The van der Waals surface area contributed by atoms with Crippen LogP contribution in [0.5, 0.6) is 0 Å². The average molecular weight is 335 g/mol. The summed E-state index contributed by atoms with van der Waals surface area (Å²) >= 11 is 6.23. The van der Waals surface area contributed by atoms with Gasteiger partial charge in [-0.2, -0.15) is 0 Å². The Labute approximate surface area is 142 Å². The maximum absolute atomic E-state index is 12.7. The van der Waals surface area contributed by atoms with Crippen LogP contribution < -0.4 is 0 Å². The minimum absolute atomic E-state index is 0.0344. The van der Waals surface area contributed by atoms with Crippen molar-refractivity contribution in [1.82, 2.24) is 9.47 Å². The molecular formula is C18H23ClN2O2. The predicted octanol–water partition coefficient (Wildman–Crippen LogP) is 3.86. The molecule has 1 aliphatic heterocycles.